The molecule has 0 aliphatic carbocycles. The first kappa shape index (κ1) is 31.0. The van der Waals surface area contributed by atoms with Gasteiger partial charge in [0.15, 0.2) is 11.5 Å². The number of rotatable bonds is 16. The minimum Gasteiger partial charge on any atom is -0.487 e. The van der Waals surface area contributed by atoms with Crippen LogP contribution in [0.15, 0.2) is 79.3 Å². The molecule has 12 heteroatoms. The number of nitrogens with zero attached hydrogens (tertiary/aromatic N) is 3. The highest BCUT2D eigenvalue weighted by Crippen LogP contribution is 2.35. The van der Waals surface area contributed by atoms with Crippen molar-refractivity contribution in [1.29, 1.82) is 0 Å². The molecule has 0 unspecified atom stereocenters. The molecule has 5 N–H and O–H groups in total. The van der Waals surface area contributed by atoms with E-state index in [2.05, 4.69) is 15.3 Å². The number of aromatic nitrogens is 2. The fourth-order valence-electron chi connectivity index (χ4n) is 4.00. The molecule has 0 spiro atoms. The summed E-state index contributed by atoms with van der Waals surface area (Å²) in [6.07, 6.45) is 2.95. The quantitative estimate of drug-likeness (QED) is 0.0757. The number of fused-ring (bicyclic) bond motifs is 1. The van der Waals surface area contributed by atoms with Crippen molar-refractivity contribution in [2.75, 3.05) is 52.5 Å². The Bertz CT molecular complexity index is 1520. The Morgan fingerprint density at radius 2 is 1.63 bits per heavy atom. The second kappa shape index (κ2) is 15.9. The lowest BCUT2D eigenvalue weighted by Crippen LogP contribution is -2.33. The van der Waals surface area contributed by atoms with E-state index in [1.165, 1.54) is 17.5 Å². The van der Waals surface area contributed by atoms with Crippen LogP contribution in [0.1, 0.15) is 11.1 Å². The molecule has 4 aromatic rings. The first-order valence-corrected chi connectivity index (χ1v) is 13.5. The lowest BCUT2D eigenvalue weighted by atomic mass is 10.1. The average molecular weight is 589 g/mol. The molecule has 226 valence electrons. The summed E-state index contributed by atoms with van der Waals surface area (Å²) in [5.41, 5.74) is 9.65. The van der Waals surface area contributed by atoms with E-state index in [0.717, 1.165) is 16.6 Å². The van der Waals surface area contributed by atoms with Gasteiger partial charge in [-0.1, -0.05) is 42.5 Å². The molecule has 0 saturated heterocycles. The number of benzene rings is 3. The first-order valence-electron chi connectivity index (χ1n) is 13.5. The predicted molar refractivity (Wildman–Crippen MR) is 163 cm³/mol. The standard InChI is InChI=1S/C31H36N6O6/c1-39-11-13-41-28-16-25-27(17-29(28)42-14-12-40-2)34-21-35-31(25)36-24-10-6-9-23(15-24)26(32)18-37(33)19-30(38)43-20-22-7-4-3-5-8-22/h3-10,15-18,21H,11-14,19-20,32-33H2,1-2H3,(H,34,35,36)/b26-18-. The predicted octanol–water partition coefficient (Wildman–Crippen LogP) is 3.60. The molecule has 4 rings (SSSR count). The summed E-state index contributed by atoms with van der Waals surface area (Å²) >= 11 is 0. The molecule has 3 aromatic carbocycles. The van der Waals surface area contributed by atoms with Crippen LogP contribution in [-0.2, 0) is 25.6 Å². The van der Waals surface area contributed by atoms with Crippen molar-refractivity contribution in [1.82, 2.24) is 15.0 Å². The number of methoxy groups -OCH3 is 2. The van der Waals surface area contributed by atoms with E-state index in [1.54, 1.807) is 20.3 Å². The zero-order chi connectivity index (χ0) is 30.4. The maximum absolute atomic E-state index is 12.2. The highest BCUT2D eigenvalue weighted by atomic mass is 16.5. The number of hydrogen-bond acceptors (Lipinski definition) is 12. The van der Waals surface area contributed by atoms with E-state index >= 15 is 0 Å². The Kier molecular flexibility index (Phi) is 11.5. The van der Waals surface area contributed by atoms with E-state index < -0.39 is 5.97 Å². The van der Waals surface area contributed by atoms with Crippen LogP contribution < -0.4 is 26.4 Å². The van der Waals surface area contributed by atoms with Gasteiger partial charge in [0.2, 0.25) is 0 Å². The molecule has 12 nitrogen and oxygen atoms in total. The van der Waals surface area contributed by atoms with E-state index in [9.17, 15) is 4.79 Å². The third-order valence-electron chi connectivity index (χ3n) is 6.11. The molecule has 43 heavy (non-hydrogen) atoms. The maximum atomic E-state index is 12.2. The van der Waals surface area contributed by atoms with Crippen LogP contribution in [0.3, 0.4) is 0 Å². The van der Waals surface area contributed by atoms with Crippen LogP contribution in [0.25, 0.3) is 16.6 Å². The van der Waals surface area contributed by atoms with Gasteiger partial charge < -0.3 is 39.7 Å². The Morgan fingerprint density at radius 1 is 0.907 bits per heavy atom. The Balaban J connectivity index is 1.47. The second-order valence-corrected chi connectivity index (χ2v) is 9.33. The third-order valence-corrected chi connectivity index (χ3v) is 6.11. The van der Waals surface area contributed by atoms with Crippen LogP contribution in [0.2, 0.25) is 0 Å². The van der Waals surface area contributed by atoms with Crippen LogP contribution >= 0.6 is 0 Å². The summed E-state index contributed by atoms with van der Waals surface area (Å²) in [5, 5.41) is 5.25. The van der Waals surface area contributed by atoms with Gasteiger partial charge in [0.05, 0.1) is 24.4 Å². The first-order chi connectivity index (χ1) is 21.0. The van der Waals surface area contributed by atoms with Crippen LogP contribution in [-0.4, -0.2) is 68.1 Å². The topological polar surface area (TPSA) is 156 Å². The molecule has 1 heterocycles. The Labute approximate surface area is 250 Å². The van der Waals surface area contributed by atoms with Crippen LogP contribution in [0.5, 0.6) is 11.5 Å². The van der Waals surface area contributed by atoms with Crippen LogP contribution in [0.4, 0.5) is 11.5 Å². The number of anilines is 2. The monoisotopic (exact) mass is 588 g/mol. The fourth-order valence-corrected chi connectivity index (χ4v) is 4.00. The summed E-state index contributed by atoms with van der Waals surface area (Å²) in [5.74, 6) is 7.18. The zero-order valence-electron chi connectivity index (χ0n) is 24.2. The Hall–Kier alpha value is -4.91. The third kappa shape index (κ3) is 9.30. The highest BCUT2D eigenvalue weighted by Gasteiger charge is 2.14. The van der Waals surface area contributed by atoms with Crippen molar-refractivity contribution in [3.8, 4) is 11.5 Å². The molecule has 0 amide bonds. The molecule has 0 atom stereocenters. The lowest BCUT2D eigenvalue weighted by molar-refractivity contribution is -0.145. The van der Waals surface area contributed by atoms with Crippen molar-refractivity contribution < 1.29 is 28.5 Å². The molecule has 0 saturated carbocycles. The zero-order valence-corrected chi connectivity index (χ0v) is 24.2. The van der Waals surface area contributed by atoms with Gasteiger partial charge in [-0.15, -0.1) is 0 Å². The Morgan fingerprint density at radius 3 is 2.35 bits per heavy atom. The smallest absolute Gasteiger partial charge is 0.327 e. The number of carbonyl (C=O) groups is 1. The molecule has 0 aliphatic heterocycles. The van der Waals surface area contributed by atoms with Gasteiger partial charge in [0, 0.05) is 43.1 Å². The SMILES string of the molecule is COCCOc1cc2ncnc(Nc3cccc(/C(N)=C/N(N)CC(=O)OCc4ccccc4)c3)c2cc1OCCOC. The molecule has 0 aliphatic rings. The lowest BCUT2D eigenvalue weighted by Gasteiger charge is -2.16. The van der Waals surface area contributed by atoms with E-state index in [4.69, 9.17) is 35.3 Å². The second-order valence-electron chi connectivity index (χ2n) is 9.33. The average Bonchev–Trinajstić information content (AvgIpc) is 3.01. The van der Waals surface area contributed by atoms with Gasteiger partial charge >= 0.3 is 5.97 Å². The fraction of sp³-hybridized carbons (Fsp3) is 0.258. The minimum absolute atomic E-state index is 0.162. The summed E-state index contributed by atoms with van der Waals surface area (Å²) < 4.78 is 27.3. The van der Waals surface area contributed by atoms with Gasteiger partial charge in [-0.2, -0.15) is 0 Å². The largest absolute Gasteiger partial charge is 0.487 e. The highest BCUT2D eigenvalue weighted by molar-refractivity contribution is 5.93. The van der Waals surface area contributed by atoms with E-state index in [1.807, 2.05) is 60.7 Å². The molecular formula is C31H36N6O6. The van der Waals surface area contributed by atoms with E-state index in [-0.39, 0.29) is 13.2 Å². The van der Waals surface area contributed by atoms with Crippen molar-refractivity contribution in [3.63, 3.8) is 0 Å². The van der Waals surface area contributed by atoms with Crippen molar-refractivity contribution >= 4 is 34.1 Å². The molecule has 0 fully saturated rings. The molecule has 0 radical (unpaired) electrons. The molecule has 1 aromatic heterocycles. The summed E-state index contributed by atoms with van der Waals surface area (Å²) in [7, 11) is 3.22. The number of hydrogen-bond donors (Lipinski definition) is 3. The van der Waals surface area contributed by atoms with Crippen molar-refractivity contribution in [2.24, 2.45) is 11.6 Å². The normalized spacial score (nSPS) is 11.3. The summed E-state index contributed by atoms with van der Waals surface area (Å²) in [6.45, 7) is 1.56. The van der Waals surface area contributed by atoms with Gasteiger partial charge in [-0.05, 0) is 23.8 Å². The number of nitrogens with one attached hydrogen (secondary N) is 1. The van der Waals surface area contributed by atoms with Gasteiger partial charge in [-0.25, -0.2) is 15.8 Å². The maximum Gasteiger partial charge on any atom is 0.327 e. The number of carbonyl (C=O) groups excluding carboxylic acids is 1. The van der Waals surface area contributed by atoms with E-state index in [0.29, 0.717) is 60.5 Å². The van der Waals surface area contributed by atoms with Gasteiger partial charge in [0.1, 0.15) is 38.5 Å². The summed E-state index contributed by atoms with van der Waals surface area (Å²) in [6, 6.07) is 20.5. The van der Waals surface area contributed by atoms with Crippen molar-refractivity contribution in [3.05, 3.63) is 90.4 Å². The minimum atomic E-state index is -0.473. The van der Waals surface area contributed by atoms with Gasteiger partial charge in [0.25, 0.3) is 0 Å². The number of esters is 1. The van der Waals surface area contributed by atoms with Crippen LogP contribution in [0, 0.1) is 0 Å². The molecule has 0 bridgehead atoms. The number of ether oxygens (including phenoxy) is 5. The summed E-state index contributed by atoms with van der Waals surface area (Å²) in [4.78, 5) is 21.1. The number of hydrazine groups is 1. The van der Waals surface area contributed by atoms with Gasteiger partial charge in [-0.3, -0.25) is 4.79 Å². The number of nitrogens with two attached hydrogens (primary N) is 2. The van der Waals surface area contributed by atoms with Crippen molar-refractivity contribution in [2.45, 2.75) is 6.61 Å². The molecular weight excluding hydrogens is 552 g/mol.